The van der Waals surface area contributed by atoms with Crippen LogP contribution in [0.2, 0.25) is 0 Å². The zero-order chi connectivity index (χ0) is 16.0. The molecule has 3 nitrogen and oxygen atoms in total. The van der Waals surface area contributed by atoms with E-state index in [1.54, 1.807) is 0 Å². The molecule has 1 aliphatic rings. The third-order valence-electron chi connectivity index (χ3n) is 3.81. The van der Waals surface area contributed by atoms with Crippen molar-refractivity contribution in [1.29, 1.82) is 0 Å². The summed E-state index contributed by atoms with van der Waals surface area (Å²) in [5.41, 5.74) is -2.37. The van der Waals surface area contributed by atoms with E-state index in [9.17, 15) is 23.1 Å². The topological polar surface area (TPSA) is 40.5 Å². The molecule has 0 bridgehead atoms. The summed E-state index contributed by atoms with van der Waals surface area (Å²) in [5.74, 6) is -0.770. The Balaban J connectivity index is 2.26. The lowest BCUT2D eigenvalue weighted by atomic mass is 9.82. The molecule has 1 saturated heterocycles. The summed E-state index contributed by atoms with van der Waals surface area (Å²) in [4.78, 5) is 13.5. The zero-order valence-corrected chi connectivity index (χ0v) is 13.1. The van der Waals surface area contributed by atoms with Crippen molar-refractivity contribution in [3.63, 3.8) is 0 Å². The molecule has 1 N–H and O–H groups in total. The van der Waals surface area contributed by atoms with E-state index in [1.165, 1.54) is 11.0 Å². The van der Waals surface area contributed by atoms with Gasteiger partial charge in [0.05, 0.1) is 24.2 Å². The van der Waals surface area contributed by atoms with Gasteiger partial charge >= 0.3 is 6.18 Å². The molecule has 0 radical (unpaired) electrons. The van der Waals surface area contributed by atoms with Crippen LogP contribution >= 0.6 is 15.9 Å². The van der Waals surface area contributed by atoms with Crippen molar-refractivity contribution in [2.75, 3.05) is 13.1 Å². The molecule has 0 spiro atoms. The summed E-state index contributed by atoms with van der Waals surface area (Å²) >= 11 is 2.98. The highest BCUT2D eigenvalue weighted by atomic mass is 79.9. The highest BCUT2D eigenvalue weighted by Gasteiger charge is 2.47. The SMILES string of the molecule is CC(C)C1(O)CN(C(=O)c2ccc(Br)cc2C(F)(F)F)C1. The fourth-order valence-electron chi connectivity index (χ4n) is 2.23. The fourth-order valence-corrected chi connectivity index (χ4v) is 2.59. The van der Waals surface area contributed by atoms with Crippen LogP contribution in [-0.4, -0.2) is 34.6 Å². The predicted octanol–water partition coefficient (Wildman–Crippen LogP) is 3.31. The minimum absolute atomic E-state index is 0.0524. The minimum atomic E-state index is -4.60. The van der Waals surface area contributed by atoms with E-state index in [2.05, 4.69) is 15.9 Å². The Morgan fingerprint density at radius 1 is 1.38 bits per heavy atom. The number of nitrogens with zero attached hydrogens (tertiary/aromatic N) is 1. The number of benzene rings is 1. The van der Waals surface area contributed by atoms with Crippen LogP contribution < -0.4 is 0 Å². The number of hydrogen-bond donors (Lipinski definition) is 1. The molecule has 1 amide bonds. The van der Waals surface area contributed by atoms with Gasteiger partial charge in [-0.15, -0.1) is 0 Å². The minimum Gasteiger partial charge on any atom is -0.386 e. The number of rotatable bonds is 2. The fraction of sp³-hybridized carbons (Fsp3) is 0.500. The van der Waals surface area contributed by atoms with Gasteiger partial charge < -0.3 is 10.0 Å². The van der Waals surface area contributed by atoms with Crippen LogP contribution in [0.15, 0.2) is 22.7 Å². The Labute approximate surface area is 128 Å². The molecular weight excluding hydrogens is 351 g/mol. The van der Waals surface area contributed by atoms with Gasteiger partial charge in [0.2, 0.25) is 0 Å². The van der Waals surface area contributed by atoms with Crippen molar-refractivity contribution in [2.45, 2.75) is 25.6 Å². The zero-order valence-electron chi connectivity index (χ0n) is 11.5. The number of likely N-dealkylation sites (tertiary alicyclic amines) is 1. The molecule has 1 heterocycles. The third-order valence-corrected chi connectivity index (χ3v) is 4.30. The second-order valence-corrected chi connectivity index (χ2v) is 6.52. The van der Waals surface area contributed by atoms with Gasteiger partial charge in [-0.2, -0.15) is 13.2 Å². The first-order valence-corrected chi connectivity index (χ1v) is 7.22. The number of halogens is 4. The first kappa shape index (κ1) is 16.3. The Morgan fingerprint density at radius 3 is 2.43 bits per heavy atom. The predicted molar refractivity (Wildman–Crippen MR) is 74.8 cm³/mol. The molecule has 0 aromatic heterocycles. The van der Waals surface area contributed by atoms with E-state index in [0.29, 0.717) is 0 Å². The molecule has 0 atom stereocenters. The lowest BCUT2D eigenvalue weighted by Gasteiger charge is -2.49. The van der Waals surface area contributed by atoms with Crippen molar-refractivity contribution in [3.8, 4) is 0 Å². The van der Waals surface area contributed by atoms with Crippen molar-refractivity contribution < 1.29 is 23.1 Å². The molecule has 1 aromatic rings. The molecule has 1 aromatic carbocycles. The van der Waals surface area contributed by atoms with Gasteiger partial charge in [0.1, 0.15) is 5.60 Å². The standard InChI is InChI=1S/C14H15BrF3NO2/c1-8(2)13(21)6-19(7-13)12(20)10-4-3-9(15)5-11(10)14(16,17)18/h3-5,8,21H,6-7H2,1-2H3. The number of hydrogen-bond acceptors (Lipinski definition) is 2. The number of carbonyl (C=O) groups is 1. The van der Waals surface area contributed by atoms with E-state index in [0.717, 1.165) is 12.1 Å². The maximum atomic E-state index is 13.0. The molecule has 0 saturated carbocycles. The second kappa shape index (κ2) is 5.28. The molecule has 0 aliphatic carbocycles. The Kier molecular flexibility index (Phi) is 4.10. The second-order valence-electron chi connectivity index (χ2n) is 5.61. The molecule has 1 fully saturated rings. The van der Waals surface area contributed by atoms with Gasteiger partial charge in [0.25, 0.3) is 5.91 Å². The number of carbonyl (C=O) groups excluding carboxylic acids is 1. The van der Waals surface area contributed by atoms with Crippen molar-refractivity contribution in [1.82, 2.24) is 4.90 Å². The van der Waals surface area contributed by atoms with Crippen LogP contribution in [0.5, 0.6) is 0 Å². The van der Waals surface area contributed by atoms with Gasteiger partial charge in [-0.05, 0) is 24.1 Å². The molecule has 21 heavy (non-hydrogen) atoms. The number of β-amino-alcohol motifs (C(OH)–C–C–N with tert-alkyl or cyclic N) is 1. The largest absolute Gasteiger partial charge is 0.417 e. The molecule has 2 rings (SSSR count). The maximum absolute atomic E-state index is 13.0. The van der Waals surface area contributed by atoms with E-state index in [1.807, 2.05) is 13.8 Å². The van der Waals surface area contributed by atoms with Crippen molar-refractivity contribution in [2.24, 2.45) is 5.92 Å². The van der Waals surface area contributed by atoms with E-state index >= 15 is 0 Å². The lowest BCUT2D eigenvalue weighted by molar-refractivity contribution is -0.138. The molecule has 116 valence electrons. The summed E-state index contributed by atoms with van der Waals surface area (Å²) in [5, 5.41) is 10.1. The highest BCUT2D eigenvalue weighted by molar-refractivity contribution is 9.10. The van der Waals surface area contributed by atoms with Crippen LogP contribution in [0, 0.1) is 5.92 Å². The molecular formula is C14H15BrF3NO2. The van der Waals surface area contributed by atoms with Crippen LogP contribution in [0.4, 0.5) is 13.2 Å². The van der Waals surface area contributed by atoms with Gasteiger partial charge in [0.15, 0.2) is 0 Å². The van der Waals surface area contributed by atoms with Crippen molar-refractivity contribution >= 4 is 21.8 Å². The number of alkyl halides is 3. The smallest absolute Gasteiger partial charge is 0.386 e. The van der Waals surface area contributed by atoms with E-state index < -0.39 is 28.8 Å². The van der Waals surface area contributed by atoms with Gasteiger partial charge in [-0.1, -0.05) is 29.8 Å². The van der Waals surface area contributed by atoms with E-state index in [4.69, 9.17) is 0 Å². The van der Waals surface area contributed by atoms with Gasteiger partial charge in [0, 0.05) is 4.47 Å². The van der Waals surface area contributed by atoms with Crippen LogP contribution in [0.3, 0.4) is 0 Å². The maximum Gasteiger partial charge on any atom is 0.417 e. The number of aliphatic hydroxyl groups is 1. The molecule has 1 aliphatic heterocycles. The highest BCUT2D eigenvalue weighted by Crippen LogP contribution is 2.36. The lowest BCUT2D eigenvalue weighted by Crippen LogP contribution is -2.66. The summed E-state index contributed by atoms with van der Waals surface area (Å²) in [6, 6.07) is 3.44. The van der Waals surface area contributed by atoms with E-state index in [-0.39, 0.29) is 23.5 Å². The first-order valence-electron chi connectivity index (χ1n) is 6.43. The monoisotopic (exact) mass is 365 g/mol. The Hall–Kier alpha value is -1.08. The normalized spacial score (nSPS) is 17.8. The molecule has 0 unspecified atom stereocenters. The first-order chi connectivity index (χ1) is 9.54. The van der Waals surface area contributed by atoms with Crippen molar-refractivity contribution in [3.05, 3.63) is 33.8 Å². The number of amides is 1. The van der Waals surface area contributed by atoms with Gasteiger partial charge in [-0.25, -0.2) is 0 Å². The quantitative estimate of drug-likeness (QED) is 0.873. The van der Waals surface area contributed by atoms with Crippen LogP contribution in [0.1, 0.15) is 29.8 Å². The Bertz CT molecular complexity index is 566. The average Bonchev–Trinajstić information content (AvgIpc) is 2.32. The van der Waals surface area contributed by atoms with Gasteiger partial charge in [-0.3, -0.25) is 4.79 Å². The Morgan fingerprint density at radius 2 is 1.95 bits per heavy atom. The average molecular weight is 366 g/mol. The third kappa shape index (κ3) is 3.08. The molecule has 7 heteroatoms. The summed E-state index contributed by atoms with van der Waals surface area (Å²) in [7, 11) is 0. The summed E-state index contributed by atoms with van der Waals surface area (Å²) < 4.78 is 39.3. The van der Waals surface area contributed by atoms with Crippen LogP contribution in [0.25, 0.3) is 0 Å². The summed E-state index contributed by atoms with van der Waals surface area (Å²) in [6.45, 7) is 3.72. The summed E-state index contributed by atoms with van der Waals surface area (Å²) in [6.07, 6.45) is -4.60. The van der Waals surface area contributed by atoms with Crippen LogP contribution in [-0.2, 0) is 6.18 Å².